The maximum absolute atomic E-state index is 6.33. The Morgan fingerprint density at radius 3 is 2.52 bits per heavy atom. The summed E-state index contributed by atoms with van der Waals surface area (Å²) in [6.45, 7) is 7.49. The van der Waals surface area contributed by atoms with Crippen molar-refractivity contribution in [3.8, 4) is 5.75 Å². The summed E-state index contributed by atoms with van der Waals surface area (Å²) in [7, 11) is 1.72. The molecule has 1 aliphatic rings. The second-order valence-corrected chi connectivity index (χ2v) is 6.49. The van der Waals surface area contributed by atoms with Gasteiger partial charge in [-0.25, -0.2) is 0 Å². The fraction of sp³-hybridized carbons (Fsp3) is 0.667. The van der Waals surface area contributed by atoms with E-state index in [0.29, 0.717) is 12.0 Å². The molecule has 0 radical (unpaired) electrons. The SMILES string of the molecule is COc1ccccc1C(CNC1CC1)OC(C)CC(C)C. The highest BCUT2D eigenvalue weighted by atomic mass is 16.5. The van der Waals surface area contributed by atoms with Crippen molar-refractivity contribution in [2.75, 3.05) is 13.7 Å². The lowest BCUT2D eigenvalue weighted by molar-refractivity contribution is -0.0138. The molecule has 2 unspecified atom stereocenters. The van der Waals surface area contributed by atoms with Crippen molar-refractivity contribution in [1.29, 1.82) is 0 Å². The first-order chi connectivity index (χ1) is 10.1. The van der Waals surface area contributed by atoms with Crippen LogP contribution in [0.15, 0.2) is 24.3 Å². The highest BCUT2D eigenvalue weighted by Crippen LogP contribution is 2.30. The summed E-state index contributed by atoms with van der Waals surface area (Å²) in [6.07, 6.45) is 3.96. The van der Waals surface area contributed by atoms with Crippen LogP contribution in [0.4, 0.5) is 0 Å². The van der Waals surface area contributed by atoms with Gasteiger partial charge in [-0.1, -0.05) is 32.0 Å². The standard InChI is InChI=1S/C18H29NO2/c1-13(2)11-14(3)21-18(12-19-15-9-10-15)16-7-5-6-8-17(16)20-4/h5-8,13-15,18-19H,9-12H2,1-4H3. The van der Waals surface area contributed by atoms with Crippen molar-refractivity contribution < 1.29 is 9.47 Å². The van der Waals surface area contributed by atoms with Gasteiger partial charge in [-0.15, -0.1) is 0 Å². The van der Waals surface area contributed by atoms with Gasteiger partial charge in [0.15, 0.2) is 0 Å². The van der Waals surface area contributed by atoms with Gasteiger partial charge in [0.2, 0.25) is 0 Å². The van der Waals surface area contributed by atoms with E-state index in [1.807, 2.05) is 12.1 Å². The van der Waals surface area contributed by atoms with E-state index in [-0.39, 0.29) is 12.2 Å². The van der Waals surface area contributed by atoms with Gasteiger partial charge in [-0.2, -0.15) is 0 Å². The highest BCUT2D eigenvalue weighted by molar-refractivity contribution is 5.35. The predicted molar refractivity (Wildman–Crippen MR) is 86.8 cm³/mol. The zero-order valence-corrected chi connectivity index (χ0v) is 13.8. The van der Waals surface area contributed by atoms with E-state index in [9.17, 15) is 0 Å². The summed E-state index contributed by atoms with van der Waals surface area (Å²) < 4.78 is 11.8. The largest absolute Gasteiger partial charge is 0.496 e. The first-order valence-electron chi connectivity index (χ1n) is 8.12. The van der Waals surface area contributed by atoms with Crippen LogP contribution in [0, 0.1) is 5.92 Å². The van der Waals surface area contributed by atoms with Gasteiger partial charge < -0.3 is 14.8 Å². The zero-order valence-electron chi connectivity index (χ0n) is 13.8. The van der Waals surface area contributed by atoms with Crippen molar-refractivity contribution in [3.63, 3.8) is 0 Å². The maximum Gasteiger partial charge on any atom is 0.124 e. The third-order valence-corrected chi connectivity index (χ3v) is 3.85. The molecule has 0 aromatic heterocycles. The van der Waals surface area contributed by atoms with Crippen LogP contribution >= 0.6 is 0 Å². The van der Waals surface area contributed by atoms with E-state index in [4.69, 9.17) is 9.47 Å². The summed E-state index contributed by atoms with van der Waals surface area (Å²) in [6, 6.07) is 8.87. The Kier molecular flexibility index (Phi) is 6.07. The Balaban J connectivity index is 2.06. The molecule has 2 atom stereocenters. The Bertz CT molecular complexity index is 429. The molecular weight excluding hydrogens is 262 g/mol. The minimum atomic E-state index is 0.0514. The average molecular weight is 291 g/mol. The normalized spacial score (nSPS) is 17.8. The minimum absolute atomic E-state index is 0.0514. The predicted octanol–water partition coefficient (Wildman–Crippen LogP) is 3.94. The van der Waals surface area contributed by atoms with Crippen LogP contribution < -0.4 is 10.1 Å². The second kappa shape index (κ2) is 7.81. The highest BCUT2D eigenvalue weighted by Gasteiger charge is 2.25. The number of ether oxygens (including phenoxy) is 2. The third-order valence-electron chi connectivity index (χ3n) is 3.85. The molecule has 1 aromatic carbocycles. The molecule has 1 fully saturated rings. The smallest absolute Gasteiger partial charge is 0.124 e. The maximum atomic E-state index is 6.33. The quantitative estimate of drug-likeness (QED) is 0.747. The lowest BCUT2D eigenvalue weighted by Gasteiger charge is -2.25. The number of para-hydroxylation sites is 1. The van der Waals surface area contributed by atoms with Crippen LogP contribution in [0.2, 0.25) is 0 Å². The number of hydrogen-bond donors (Lipinski definition) is 1. The van der Waals surface area contributed by atoms with Crippen LogP contribution in [0.1, 0.15) is 51.7 Å². The monoisotopic (exact) mass is 291 g/mol. The van der Waals surface area contributed by atoms with Crippen LogP contribution in [-0.2, 0) is 4.74 Å². The van der Waals surface area contributed by atoms with Gasteiger partial charge in [-0.3, -0.25) is 0 Å². The minimum Gasteiger partial charge on any atom is -0.496 e. The van der Waals surface area contributed by atoms with Crippen molar-refractivity contribution in [3.05, 3.63) is 29.8 Å². The van der Waals surface area contributed by atoms with Crippen LogP contribution in [0.3, 0.4) is 0 Å². The van der Waals surface area contributed by atoms with Gasteiger partial charge in [0.25, 0.3) is 0 Å². The number of hydrogen-bond acceptors (Lipinski definition) is 3. The lowest BCUT2D eigenvalue weighted by atomic mass is 10.0. The first kappa shape index (κ1) is 16.3. The summed E-state index contributed by atoms with van der Waals surface area (Å²) >= 11 is 0. The Morgan fingerprint density at radius 1 is 1.19 bits per heavy atom. The molecular formula is C18H29NO2. The summed E-state index contributed by atoms with van der Waals surface area (Å²) in [5.74, 6) is 1.56. The molecule has 0 heterocycles. The molecule has 3 nitrogen and oxygen atoms in total. The molecule has 2 rings (SSSR count). The first-order valence-corrected chi connectivity index (χ1v) is 8.12. The van der Waals surface area contributed by atoms with Gasteiger partial charge in [0.1, 0.15) is 5.75 Å². The molecule has 1 aromatic rings. The van der Waals surface area contributed by atoms with Crippen LogP contribution in [0.5, 0.6) is 5.75 Å². The van der Waals surface area contributed by atoms with Gasteiger partial charge in [0.05, 0.1) is 19.3 Å². The Labute approximate surface area is 129 Å². The molecule has 1 saturated carbocycles. The van der Waals surface area contributed by atoms with Gasteiger partial charge in [0, 0.05) is 18.2 Å². The van der Waals surface area contributed by atoms with Gasteiger partial charge in [-0.05, 0) is 38.2 Å². The molecule has 0 aliphatic heterocycles. The second-order valence-electron chi connectivity index (χ2n) is 6.49. The fourth-order valence-electron chi connectivity index (χ4n) is 2.72. The van der Waals surface area contributed by atoms with Gasteiger partial charge >= 0.3 is 0 Å². The van der Waals surface area contributed by atoms with Crippen molar-refractivity contribution in [2.45, 2.75) is 58.3 Å². The molecule has 0 saturated heterocycles. The summed E-state index contributed by atoms with van der Waals surface area (Å²) in [5, 5.41) is 3.58. The van der Waals surface area contributed by atoms with Crippen molar-refractivity contribution in [2.24, 2.45) is 5.92 Å². The fourth-order valence-corrected chi connectivity index (χ4v) is 2.72. The zero-order chi connectivity index (χ0) is 15.2. The molecule has 118 valence electrons. The van der Waals surface area contributed by atoms with E-state index in [1.54, 1.807) is 7.11 Å². The Hall–Kier alpha value is -1.06. The van der Waals surface area contributed by atoms with Crippen molar-refractivity contribution in [1.82, 2.24) is 5.32 Å². The van der Waals surface area contributed by atoms with E-state index < -0.39 is 0 Å². The molecule has 0 bridgehead atoms. The summed E-state index contributed by atoms with van der Waals surface area (Å²) in [4.78, 5) is 0. The topological polar surface area (TPSA) is 30.5 Å². The number of nitrogens with one attached hydrogen (secondary N) is 1. The molecule has 1 N–H and O–H groups in total. The molecule has 3 heteroatoms. The van der Waals surface area contributed by atoms with E-state index >= 15 is 0 Å². The van der Waals surface area contributed by atoms with E-state index in [2.05, 4.69) is 38.2 Å². The number of rotatable bonds is 9. The lowest BCUT2D eigenvalue weighted by Crippen LogP contribution is -2.28. The average Bonchev–Trinajstić information content (AvgIpc) is 3.26. The number of benzene rings is 1. The molecule has 0 amide bonds. The van der Waals surface area contributed by atoms with E-state index in [1.165, 1.54) is 12.8 Å². The van der Waals surface area contributed by atoms with Crippen molar-refractivity contribution >= 4 is 0 Å². The summed E-state index contributed by atoms with van der Waals surface area (Å²) in [5.41, 5.74) is 1.14. The Morgan fingerprint density at radius 2 is 1.90 bits per heavy atom. The number of methoxy groups -OCH3 is 1. The molecule has 1 aliphatic carbocycles. The molecule has 21 heavy (non-hydrogen) atoms. The molecule has 0 spiro atoms. The van der Waals surface area contributed by atoms with E-state index in [0.717, 1.165) is 24.3 Å². The van der Waals surface area contributed by atoms with Crippen LogP contribution in [-0.4, -0.2) is 25.8 Å². The third kappa shape index (κ3) is 5.33. The van der Waals surface area contributed by atoms with Crippen LogP contribution in [0.25, 0.3) is 0 Å².